The van der Waals surface area contributed by atoms with Crippen molar-refractivity contribution in [1.29, 1.82) is 0 Å². The van der Waals surface area contributed by atoms with Crippen LogP contribution in [0.5, 0.6) is 0 Å². The lowest BCUT2D eigenvalue weighted by Gasteiger charge is -2.32. The van der Waals surface area contributed by atoms with E-state index in [1.807, 2.05) is 73.7 Å². The Bertz CT molecular complexity index is 1160. The molecule has 1 aliphatic carbocycles. The van der Waals surface area contributed by atoms with Crippen LogP contribution < -0.4 is 5.32 Å². The number of imide groups is 1. The number of nitrogens with zero attached hydrogens (tertiary/aromatic N) is 2. The molecular formula is C29H32BrN3O4. The molecule has 7 nitrogen and oxygen atoms in total. The maximum absolute atomic E-state index is 13.7. The minimum absolute atomic E-state index is 0.0198. The van der Waals surface area contributed by atoms with E-state index in [0.29, 0.717) is 25.8 Å². The van der Waals surface area contributed by atoms with Gasteiger partial charge in [0, 0.05) is 36.9 Å². The smallest absolute Gasteiger partial charge is 0.243 e. The Morgan fingerprint density at radius 2 is 1.65 bits per heavy atom. The first-order valence-corrected chi connectivity index (χ1v) is 13.5. The molecule has 0 spiro atoms. The van der Waals surface area contributed by atoms with Crippen molar-refractivity contribution in [3.63, 3.8) is 0 Å². The number of nitrogens with one attached hydrogen (secondary N) is 1. The normalized spacial score (nSPS) is 19.5. The van der Waals surface area contributed by atoms with Crippen molar-refractivity contribution in [2.45, 2.75) is 45.2 Å². The summed E-state index contributed by atoms with van der Waals surface area (Å²) >= 11 is 3.48. The molecule has 0 bridgehead atoms. The van der Waals surface area contributed by atoms with Crippen molar-refractivity contribution in [1.82, 2.24) is 15.1 Å². The number of carbonyl (C=O) groups is 4. The van der Waals surface area contributed by atoms with Gasteiger partial charge < -0.3 is 10.2 Å². The first-order chi connectivity index (χ1) is 17.9. The third-order valence-electron chi connectivity index (χ3n) is 7.01. The molecule has 2 aromatic carbocycles. The van der Waals surface area contributed by atoms with Crippen molar-refractivity contribution in [2.75, 3.05) is 13.1 Å². The van der Waals surface area contributed by atoms with Gasteiger partial charge in [-0.1, -0.05) is 70.5 Å². The molecule has 1 heterocycles. The number of likely N-dealkylation sites (N-methyl/N-ethyl adjacent to an activating group) is 1. The summed E-state index contributed by atoms with van der Waals surface area (Å²) in [6, 6.07) is 16.5. The average molecular weight is 566 g/mol. The number of fused-ring (bicyclic) bond motifs is 1. The molecule has 1 saturated heterocycles. The van der Waals surface area contributed by atoms with Gasteiger partial charge in [-0.15, -0.1) is 0 Å². The van der Waals surface area contributed by atoms with Gasteiger partial charge in [0.1, 0.15) is 6.04 Å². The van der Waals surface area contributed by atoms with Gasteiger partial charge in [-0.25, -0.2) is 0 Å². The highest BCUT2D eigenvalue weighted by molar-refractivity contribution is 9.10. The Morgan fingerprint density at radius 3 is 2.27 bits per heavy atom. The fourth-order valence-electron chi connectivity index (χ4n) is 5.12. The Labute approximate surface area is 226 Å². The minimum Gasteiger partial charge on any atom is -0.355 e. The van der Waals surface area contributed by atoms with Gasteiger partial charge in [0.2, 0.25) is 23.6 Å². The zero-order chi connectivity index (χ0) is 26.4. The summed E-state index contributed by atoms with van der Waals surface area (Å²) in [4.78, 5) is 55.6. The lowest BCUT2D eigenvalue weighted by Crippen LogP contribution is -2.51. The van der Waals surface area contributed by atoms with Crippen molar-refractivity contribution in [3.05, 3.63) is 82.3 Å². The zero-order valence-electron chi connectivity index (χ0n) is 20.9. The van der Waals surface area contributed by atoms with E-state index in [-0.39, 0.29) is 55.0 Å². The van der Waals surface area contributed by atoms with E-state index in [1.165, 1.54) is 4.90 Å². The lowest BCUT2D eigenvalue weighted by molar-refractivity contribution is -0.144. The predicted octanol–water partition coefficient (Wildman–Crippen LogP) is 3.87. The first kappa shape index (κ1) is 26.8. The second-order valence-electron chi connectivity index (χ2n) is 9.49. The molecule has 194 valence electrons. The number of allylic oxidation sites excluding steroid dienone is 2. The number of hydrogen-bond acceptors (Lipinski definition) is 4. The van der Waals surface area contributed by atoms with Gasteiger partial charge in [0.15, 0.2) is 0 Å². The van der Waals surface area contributed by atoms with Crippen LogP contribution in [0.25, 0.3) is 0 Å². The first-order valence-electron chi connectivity index (χ1n) is 12.7. The van der Waals surface area contributed by atoms with Crippen LogP contribution in [0.2, 0.25) is 0 Å². The molecule has 1 fully saturated rings. The molecule has 3 atom stereocenters. The van der Waals surface area contributed by atoms with Crippen LogP contribution in [0, 0.1) is 11.8 Å². The van der Waals surface area contributed by atoms with Crippen LogP contribution in [0.1, 0.15) is 37.3 Å². The van der Waals surface area contributed by atoms with E-state index in [0.717, 1.165) is 15.6 Å². The van der Waals surface area contributed by atoms with Crippen molar-refractivity contribution in [3.8, 4) is 0 Å². The molecule has 0 saturated carbocycles. The number of hydrogen-bond donors (Lipinski definition) is 1. The summed E-state index contributed by atoms with van der Waals surface area (Å²) in [5.74, 6) is -1.57. The number of halogens is 1. The lowest BCUT2D eigenvalue weighted by atomic mass is 9.85. The van der Waals surface area contributed by atoms with Crippen LogP contribution in [0.3, 0.4) is 0 Å². The van der Waals surface area contributed by atoms with Crippen LogP contribution in [-0.2, 0) is 32.1 Å². The Morgan fingerprint density at radius 1 is 1.00 bits per heavy atom. The molecule has 4 amide bonds. The van der Waals surface area contributed by atoms with Crippen molar-refractivity contribution >= 4 is 39.6 Å². The summed E-state index contributed by atoms with van der Waals surface area (Å²) in [5, 5.41) is 2.88. The monoisotopic (exact) mass is 565 g/mol. The number of amides is 4. The standard InChI is InChI=1S/C29H32BrN3O4/c1-2-31-27(35)25(18-20-9-4-3-5-10-20)33(19-21-11-8-12-22(30)17-21)26(34)15-16-32-28(36)23-13-6-7-14-24(23)29(32)37/h3-12,17,23-25H,2,13-16,18-19H2,1H3,(H,31,35)/t23-,24+,25?. The molecule has 8 heteroatoms. The number of carbonyl (C=O) groups excluding carboxylic acids is 4. The third-order valence-corrected chi connectivity index (χ3v) is 7.51. The summed E-state index contributed by atoms with van der Waals surface area (Å²) in [6.45, 7) is 2.53. The Kier molecular flexibility index (Phi) is 8.92. The molecule has 0 radical (unpaired) electrons. The predicted molar refractivity (Wildman–Crippen MR) is 144 cm³/mol. The highest BCUT2D eigenvalue weighted by Crippen LogP contribution is 2.35. The fourth-order valence-corrected chi connectivity index (χ4v) is 5.57. The van der Waals surface area contributed by atoms with Gasteiger partial charge in [0.05, 0.1) is 11.8 Å². The number of benzene rings is 2. The van der Waals surface area contributed by atoms with E-state index in [4.69, 9.17) is 0 Å². The molecule has 1 unspecified atom stereocenters. The molecule has 0 aromatic heterocycles. The summed E-state index contributed by atoms with van der Waals surface area (Å²) in [6.07, 6.45) is 5.32. The molecule has 1 aliphatic heterocycles. The molecule has 4 rings (SSSR count). The van der Waals surface area contributed by atoms with Crippen molar-refractivity contribution < 1.29 is 19.2 Å². The molecular weight excluding hydrogens is 534 g/mol. The molecule has 2 aliphatic rings. The minimum atomic E-state index is -0.745. The van der Waals surface area contributed by atoms with Gasteiger partial charge >= 0.3 is 0 Å². The summed E-state index contributed by atoms with van der Waals surface area (Å²) < 4.78 is 0.875. The van der Waals surface area contributed by atoms with Gasteiger partial charge in [0.25, 0.3) is 0 Å². The van der Waals surface area contributed by atoms with Crippen LogP contribution in [-0.4, -0.2) is 52.6 Å². The highest BCUT2D eigenvalue weighted by Gasteiger charge is 2.47. The number of rotatable bonds is 10. The van der Waals surface area contributed by atoms with Crippen LogP contribution in [0.15, 0.2) is 71.2 Å². The average Bonchev–Trinajstić information content (AvgIpc) is 3.14. The molecule has 37 heavy (non-hydrogen) atoms. The largest absolute Gasteiger partial charge is 0.355 e. The Balaban J connectivity index is 1.57. The summed E-state index contributed by atoms with van der Waals surface area (Å²) in [7, 11) is 0. The van der Waals surface area contributed by atoms with Crippen LogP contribution in [0.4, 0.5) is 0 Å². The maximum Gasteiger partial charge on any atom is 0.243 e. The second kappa shape index (κ2) is 12.3. The second-order valence-corrected chi connectivity index (χ2v) is 10.4. The van der Waals surface area contributed by atoms with Gasteiger partial charge in [-0.3, -0.25) is 24.1 Å². The van der Waals surface area contributed by atoms with Crippen LogP contribution >= 0.6 is 15.9 Å². The highest BCUT2D eigenvalue weighted by atomic mass is 79.9. The van der Waals surface area contributed by atoms with Gasteiger partial charge in [-0.2, -0.15) is 0 Å². The van der Waals surface area contributed by atoms with E-state index < -0.39 is 6.04 Å². The molecule has 1 N–H and O–H groups in total. The SMILES string of the molecule is CCNC(=O)C(Cc1ccccc1)N(Cc1cccc(Br)c1)C(=O)CCN1C(=O)[C@H]2CC=CC[C@H]2C1=O. The maximum atomic E-state index is 13.7. The van der Waals surface area contributed by atoms with E-state index in [1.54, 1.807) is 4.90 Å². The van der Waals surface area contributed by atoms with E-state index in [2.05, 4.69) is 21.2 Å². The van der Waals surface area contributed by atoms with Gasteiger partial charge in [-0.05, 0) is 43.0 Å². The van der Waals surface area contributed by atoms with E-state index in [9.17, 15) is 19.2 Å². The third kappa shape index (κ3) is 6.36. The quantitative estimate of drug-likeness (QED) is 0.350. The van der Waals surface area contributed by atoms with E-state index >= 15 is 0 Å². The topological polar surface area (TPSA) is 86.8 Å². The number of likely N-dealkylation sites (tertiary alicyclic amines) is 1. The Hall–Kier alpha value is -3.26. The van der Waals surface area contributed by atoms with Crippen molar-refractivity contribution in [2.24, 2.45) is 11.8 Å². The summed E-state index contributed by atoms with van der Waals surface area (Å²) in [5.41, 5.74) is 1.81. The molecule has 2 aromatic rings. The fraction of sp³-hybridized carbons (Fsp3) is 0.379. The zero-order valence-corrected chi connectivity index (χ0v) is 22.5.